The van der Waals surface area contributed by atoms with E-state index >= 15 is 0 Å². The SMILES string of the molecule is COCCC(=O)N1CCC(Cc2nc3cccnc3n2C)C1. The maximum atomic E-state index is 12.0. The normalized spacial score (nSPS) is 18.3. The van der Waals surface area contributed by atoms with Crippen molar-refractivity contribution in [2.45, 2.75) is 19.3 Å². The van der Waals surface area contributed by atoms with E-state index in [1.807, 2.05) is 24.1 Å². The summed E-state index contributed by atoms with van der Waals surface area (Å²) in [5.74, 6) is 1.71. The summed E-state index contributed by atoms with van der Waals surface area (Å²) in [4.78, 5) is 23.0. The molecule has 0 bridgehead atoms. The summed E-state index contributed by atoms with van der Waals surface area (Å²) in [6.07, 6.45) is 4.19. The van der Waals surface area contributed by atoms with E-state index in [0.29, 0.717) is 18.9 Å². The average Bonchev–Trinajstić information content (AvgIpc) is 3.11. The first-order chi connectivity index (χ1) is 10.7. The van der Waals surface area contributed by atoms with Gasteiger partial charge in [-0.05, 0) is 24.5 Å². The minimum absolute atomic E-state index is 0.191. The van der Waals surface area contributed by atoms with E-state index in [2.05, 4.69) is 14.5 Å². The zero-order valence-electron chi connectivity index (χ0n) is 13.2. The summed E-state index contributed by atoms with van der Waals surface area (Å²) in [5, 5.41) is 0. The predicted octanol–water partition coefficient (Wildman–Crippen LogP) is 1.40. The highest BCUT2D eigenvalue weighted by molar-refractivity contribution is 5.76. The van der Waals surface area contributed by atoms with Crippen molar-refractivity contribution in [2.24, 2.45) is 13.0 Å². The molecule has 2 aromatic heterocycles. The molecule has 0 radical (unpaired) electrons. The fraction of sp³-hybridized carbons (Fsp3) is 0.562. The largest absolute Gasteiger partial charge is 0.384 e. The van der Waals surface area contributed by atoms with E-state index in [4.69, 9.17) is 4.74 Å². The summed E-state index contributed by atoms with van der Waals surface area (Å²) < 4.78 is 7.04. The highest BCUT2D eigenvalue weighted by Crippen LogP contribution is 2.22. The molecule has 1 saturated heterocycles. The van der Waals surface area contributed by atoms with Crippen LogP contribution in [0.15, 0.2) is 18.3 Å². The van der Waals surface area contributed by atoms with Gasteiger partial charge in [0.15, 0.2) is 5.65 Å². The average molecular weight is 302 g/mol. The molecule has 22 heavy (non-hydrogen) atoms. The first-order valence-electron chi connectivity index (χ1n) is 7.72. The topological polar surface area (TPSA) is 60.2 Å². The van der Waals surface area contributed by atoms with E-state index in [1.165, 1.54) is 0 Å². The third-order valence-corrected chi connectivity index (χ3v) is 4.35. The highest BCUT2D eigenvalue weighted by Gasteiger charge is 2.27. The number of nitrogens with zero attached hydrogens (tertiary/aromatic N) is 4. The van der Waals surface area contributed by atoms with Crippen LogP contribution in [0.4, 0.5) is 0 Å². The van der Waals surface area contributed by atoms with Gasteiger partial charge in [-0.25, -0.2) is 9.97 Å². The van der Waals surface area contributed by atoms with E-state index in [0.717, 1.165) is 42.9 Å². The molecule has 0 aromatic carbocycles. The standard InChI is InChI=1S/C16H22N4O2/c1-19-14(18-13-4-3-7-17-16(13)19)10-12-5-8-20(11-12)15(21)6-9-22-2/h3-4,7,12H,5-6,8-11H2,1-2H3. The van der Waals surface area contributed by atoms with Crippen molar-refractivity contribution in [3.63, 3.8) is 0 Å². The monoisotopic (exact) mass is 302 g/mol. The van der Waals surface area contributed by atoms with Gasteiger partial charge in [-0.15, -0.1) is 0 Å². The molecule has 3 heterocycles. The van der Waals surface area contributed by atoms with Gasteiger partial charge >= 0.3 is 0 Å². The van der Waals surface area contributed by atoms with Crippen LogP contribution in [0.25, 0.3) is 11.2 Å². The fourth-order valence-corrected chi connectivity index (χ4v) is 3.08. The zero-order chi connectivity index (χ0) is 15.5. The van der Waals surface area contributed by atoms with Gasteiger partial charge in [0.1, 0.15) is 11.3 Å². The van der Waals surface area contributed by atoms with Gasteiger partial charge < -0.3 is 14.2 Å². The Morgan fingerprint density at radius 2 is 2.36 bits per heavy atom. The second-order valence-electron chi connectivity index (χ2n) is 5.87. The number of aromatic nitrogens is 3. The summed E-state index contributed by atoms with van der Waals surface area (Å²) in [5.41, 5.74) is 1.86. The van der Waals surface area contributed by atoms with Gasteiger partial charge in [0.05, 0.1) is 13.0 Å². The molecule has 118 valence electrons. The molecule has 1 aliphatic heterocycles. The number of hydrogen-bond acceptors (Lipinski definition) is 4. The fourth-order valence-electron chi connectivity index (χ4n) is 3.08. The number of pyridine rings is 1. The minimum atomic E-state index is 0.191. The zero-order valence-corrected chi connectivity index (χ0v) is 13.2. The molecule has 6 nitrogen and oxygen atoms in total. The van der Waals surface area contributed by atoms with Crippen molar-refractivity contribution in [2.75, 3.05) is 26.8 Å². The van der Waals surface area contributed by atoms with Gasteiger partial charge in [-0.3, -0.25) is 4.79 Å². The number of likely N-dealkylation sites (tertiary alicyclic amines) is 1. The number of aryl methyl sites for hydroxylation is 1. The van der Waals surface area contributed by atoms with Crippen LogP contribution >= 0.6 is 0 Å². The van der Waals surface area contributed by atoms with E-state index in [-0.39, 0.29) is 5.91 Å². The van der Waals surface area contributed by atoms with Crippen molar-refractivity contribution in [1.29, 1.82) is 0 Å². The molecule has 1 aliphatic rings. The van der Waals surface area contributed by atoms with Crippen molar-refractivity contribution in [3.8, 4) is 0 Å². The number of hydrogen-bond donors (Lipinski definition) is 0. The first kappa shape index (κ1) is 15.0. The van der Waals surface area contributed by atoms with Gasteiger partial charge in [-0.1, -0.05) is 0 Å². The Morgan fingerprint density at radius 3 is 3.14 bits per heavy atom. The maximum Gasteiger partial charge on any atom is 0.224 e. The molecular weight excluding hydrogens is 280 g/mol. The number of amides is 1. The van der Waals surface area contributed by atoms with Gasteiger partial charge in [-0.2, -0.15) is 0 Å². The number of methoxy groups -OCH3 is 1. The molecule has 6 heteroatoms. The lowest BCUT2D eigenvalue weighted by atomic mass is 10.0. The Labute approximate surface area is 130 Å². The summed E-state index contributed by atoms with van der Waals surface area (Å²) in [6, 6.07) is 3.89. The molecule has 1 atom stereocenters. The van der Waals surface area contributed by atoms with Crippen molar-refractivity contribution in [3.05, 3.63) is 24.2 Å². The molecule has 0 N–H and O–H groups in total. The summed E-state index contributed by atoms with van der Waals surface area (Å²) in [6.45, 7) is 2.16. The van der Waals surface area contributed by atoms with Crippen LogP contribution in [0.3, 0.4) is 0 Å². The van der Waals surface area contributed by atoms with Gasteiger partial charge in [0.2, 0.25) is 5.91 Å². The van der Waals surface area contributed by atoms with Gasteiger partial charge in [0, 0.05) is 39.9 Å². The van der Waals surface area contributed by atoms with Crippen LogP contribution < -0.4 is 0 Å². The molecule has 0 spiro atoms. The molecule has 0 saturated carbocycles. The molecule has 3 rings (SSSR count). The first-order valence-corrected chi connectivity index (χ1v) is 7.72. The third-order valence-electron chi connectivity index (χ3n) is 4.35. The molecule has 2 aromatic rings. The predicted molar refractivity (Wildman–Crippen MR) is 83.4 cm³/mol. The summed E-state index contributed by atoms with van der Waals surface area (Å²) in [7, 11) is 3.63. The van der Waals surface area contributed by atoms with Crippen LogP contribution in [-0.2, 0) is 23.0 Å². The second-order valence-corrected chi connectivity index (χ2v) is 5.87. The lowest BCUT2D eigenvalue weighted by Crippen LogP contribution is -2.29. The molecule has 0 aliphatic carbocycles. The Kier molecular flexibility index (Phi) is 4.38. The van der Waals surface area contributed by atoms with Crippen molar-refractivity contribution >= 4 is 17.1 Å². The number of imidazole rings is 1. The van der Waals surface area contributed by atoms with Crippen LogP contribution in [0.2, 0.25) is 0 Å². The Bertz CT molecular complexity index is 667. The van der Waals surface area contributed by atoms with Crippen LogP contribution in [0, 0.1) is 5.92 Å². The van der Waals surface area contributed by atoms with Crippen molar-refractivity contribution < 1.29 is 9.53 Å². The Balaban J connectivity index is 1.64. The van der Waals surface area contributed by atoms with Gasteiger partial charge in [0.25, 0.3) is 0 Å². The lowest BCUT2D eigenvalue weighted by Gasteiger charge is -2.16. The molecular formula is C16H22N4O2. The maximum absolute atomic E-state index is 12.0. The van der Waals surface area contributed by atoms with E-state index in [9.17, 15) is 4.79 Å². The van der Waals surface area contributed by atoms with Crippen molar-refractivity contribution in [1.82, 2.24) is 19.4 Å². The molecule has 1 unspecified atom stereocenters. The Morgan fingerprint density at radius 1 is 1.50 bits per heavy atom. The number of carbonyl (C=O) groups is 1. The highest BCUT2D eigenvalue weighted by atomic mass is 16.5. The second kappa shape index (κ2) is 6.44. The lowest BCUT2D eigenvalue weighted by molar-refractivity contribution is -0.131. The number of fused-ring (bicyclic) bond motifs is 1. The number of carbonyl (C=O) groups excluding carboxylic acids is 1. The van der Waals surface area contributed by atoms with E-state index < -0.39 is 0 Å². The molecule has 1 fully saturated rings. The Hall–Kier alpha value is -1.95. The smallest absolute Gasteiger partial charge is 0.224 e. The van der Waals surface area contributed by atoms with Crippen LogP contribution in [0.5, 0.6) is 0 Å². The minimum Gasteiger partial charge on any atom is -0.384 e. The van der Waals surface area contributed by atoms with Crippen LogP contribution in [0.1, 0.15) is 18.7 Å². The summed E-state index contributed by atoms with van der Waals surface area (Å²) >= 11 is 0. The number of rotatable bonds is 5. The third kappa shape index (κ3) is 2.97. The molecule has 1 amide bonds. The van der Waals surface area contributed by atoms with E-state index in [1.54, 1.807) is 13.3 Å². The van der Waals surface area contributed by atoms with Crippen LogP contribution in [-0.4, -0.2) is 52.1 Å². The quantitative estimate of drug-likeness (QED) is 0.837. The number of ether oxygens (including phenoxy) is 1.